The van der Waals surface area contributed by atoms with Gasteiger partial charge in [-0.2, -0.15) is 0 Å². The molecule has 4 heteroatoms. The van der Waals surface area contributed by atoms with Crippen molar-refractivity contribution in [1.82, 2.24) is 15.1 Å². The Morgan fingerprint density at radius 2 is 1.57 bits per heavy atom. The number of nitrogens with one attached hydrogen (secondary N) is 1. The Morgan fingerprint density at radius 1 is 0.929 bits per heavy atom. The maximum absolute atomic E-state index is 12.4. The molecule has 0 aliphatic carbocycles. The third-order valence-electron chi connectivity index (χ3n) is 5.62. The summed E-state index contributed by atoms with van der Waals surface area (Å²) in [5.41, 5.74) is 2.64. The van der Waals surface area contributed by atoms with E-state index in [0.717, 1.165) is 45.4 Å². The topological polar surface area (TPSA) is 35.6 Å². The summed E-state index contributed by atoms with van der Waals surface area (Å²) in [6.07, 6.45) is 3.64. The van der Waals surface area contributed by atoms with Crippen LogP contribution >= 0.6 is 0 Å². The first-order valence-electron chi connectivity index (χ1n) is 10.5. The van der Waals surface area contributed by atoms with Crippen molar-refractivity contribution in [3.05, 3.63) is 71.8 Å². The first kappa shape index (κ1) is 20.6. The Kier molecular flexibility index (Phi) is 8.07. The number of rotatable bonds is 9. The summed E-state index contributed by atoms with van der Waals surface area (Å²) < 4.78 is 0. The lowest BCUT2D eigenvalue weighted by molar-refractivity contribution is -0.121. The fraction of sp³-hybridized carbons (Fsp3) is 0.458. The van der Waals surface area contributed by atoms with Crippen molar-refractivity contribution in [3.63, 3.8) is 0 Å². The van der Waals surface area contributed by atoms with Crippen molar-refractivity contribution in [2.24, 2.45) is 0 Å². The Hall–Kier alpha value is -2.17. The maximum atomic E-state index is 12.4. The van der Waals surface area contributed by atoms with Gasteiger partial charge in [0.15, 0.2) is 0 Å². The molecule has 1 aliphatic rings. The summed E-state index contributed by atoms with van der Waals surface area (Å²) in [6, 6.07) is 21.3. The van der Waals surface area contributed by atoms with Gasteiger partial charge < -0.3 is 10.2 Å². The van der Waals surface area contributed by atoms with Crippen molar-refractivity contribution >= 4 is 5.91 Å². The number of carbonyl (C=O) groups is 1. The number of nitrogens with zero attached hydrogens (tertiary/aromatic N) is 2. The van der Waals surface area contributed by atoms with Crippen LogP contribution in [0, 0.1) is 0 Å². The summed E-state index contributed by atoms with van der Waals surface area (Å²) in [6.45, 7) is 4.94. The molecule has 4 nitrogen and oxygen atoms in total. The van der Waals surface area contributed by atoms with Gasteiger partial charge in [0.25, 0.3) is 0 Å². The van der Waals surface area contributed by atoms with Gasteiger partial charge in [-0.25, -0.2) is 0 Å². The van der Waals surface area contributed by atoms with Crippen LogP contribution in [-0.4, -0.2) is 55.5 Å². The predicted molar refractivity (Wildman–Crippen MR) is 115 cm³/mol. The van der Waals surface area contributed by atoms with Gasteiger partial charge in [0.05, 0.1) is 6.04 Å². The number of unbranched alkanes of at least 4 members (excludes halogenated alkanes) is 1. The van der Waals surface area contributed by atoms with E-state index in [4.69, 9.17) is 0 Å². The minimum Gasteiger partial charge on any atom is -0.354 e. The predicted octanol–water partition coefficient (Wildman–Crippen LogP) is 3.50. The molecule has 0 saturated carbocycles. The van der Waals surface area contributed by atoms with Gasteiger partial charge in [0, 0.05) is 39.1 Å². The molecule has 2 aromatic carbocycles. The normalized spacial score (nSPS) is 16.6. The van der Waals surface area contributed by atoms with Gasteiger partial charge in [-0.15, -0.1) is 0 Å². The number of hydrogen-bond donors (Lipinski definition) is 1. The van der Waals surface area contributed by atoms with E-state index >= 15 is 0 Å². The smallest absolute Gasteiger partial charge is 0.220 e. The Morgan fingerprint density at radius 3 is 2.25 bits per heavy atom. The van der Waals surface area contributed by atoms with Crippen LogP contribution in [0.15, 0.2) is 60.7 Å². The van der Waals surface area contributed by atoms with E-state index in [0.29, 0.717) is 13.0 Å². The summed E-state index contributed by atoms with van der Waals surface area (Å²) >= 11 is 0. The number of hydrogen-bond acceptors (Lipinski definition) is 3. The second-order valence-electron chi connectivity index (χ2n) is 7.76. The molecule has 0 spiro atoms. The van der Waals surface area contributed by atoms with Crippen LogP contribution in [0.3, 0.4) is 0 Å². The summed E-state index contributed by atoms with van der Waals surface area (Å²) in [5, 5.41) is 3.19. The van der Waals surface area contributed by atoms with E-state index in [1.807, 2.05) is 6.07 Å². The molecule has 0 radical (unpaired) electrons. The monoisotopic (exact) mass is 379 g/mol. The third-order valence-corrected chi connectivity index (χ3v) is 5.62. The quantitative estimate of drug-likeness (QED) is 0.678. The molecule has 1 atom stereocenters. The van der Waals surface area contributed by atoms with Crippen LogP contribution in [0.1, 0.15) is 36.4 Å². The highest BCUT2D eigenvalue weighted by Gasteiger charge is 2.24. The van der Waals surface area contributed by atoms with E-state index in [-0.39, 0.29) is 11.9 Å². The van der Waals surface area contributed by atoms with Crippen molar-refractivity contribution in [2.45, 2.75) is 31.7 Å². The molecule has 0 bridgehead atoms. The fourth-order valence-electron chi connectivity index (χ4n) is 3.82. The lowest BCUT2D eigenvalue weighted by Gasteiger charge is -2.38. The highest BCUT2D eigenvalue weighted by molar-refractivity contribution is 5.75. The lowest BCUT2D eigenvalue weighted by atomic mass is 10.0. The molecule has 3 rings (SSSR count). The van der Waals surface area contributed by atoms with Crippen molar-refractivity contribution in [2.75, 3.05) is 39.8 Å². The van der Waals surface area contributed by atoms with E-state index in [9.17, 15) is 4.79 Å². The first-order chi connectivity index (χ1) is 13.7. The second-order valence-corrected chi connectivity index (χ2v) is 7.76. The molecule has 28 heavy (non-hydrogen) atoms. The number of carbonyl (C=O) groups excluding carboxylic acids is 1. The molecule has 1 N–H and O–H groups in total. The van der Waals surface area contributed by atoms with Crippen molar-refractivity contribution in [1.29, 1.82) is 0 Å². The standard InChI is InChI=1S/C24H33N3O/c1-26-16-18-27(19-17-26)23(22-13-6-3-7-14-22)20-25-24(28)15-9-8-12-21-10-4-2-5-11-21/h2-7,10-11,13-14,23H,8-9,12,15-20H2,1H3,(H,25,28). The molecule has 150 valence electrons. The Bertz CT molecular complexity index is 696. The Balaban J connectivity index is 1.45. The van der Waals surface area contributed by atoms with Crippen LogP contribution in [-0.2, 0) is 11.2 Å². The number of benzene rings is 2. The third kappa shape index (κ3) is 6.47. The number of likely N-dealkylation sites (N-methyl/N-ethyl adjacent to an activating group) is 1. The summed E-state index contributed by atoms with van der Waals surface area (Å²) in [7, 11) is 2.17. The molecule has 1 amide bonds. The van der Waals surface area contributed by atoms with Gasteiger partial charge in [0.1, 0.15) is 0 Å². The molecular weight excluding hydrogens is 346 g/mol. The van der Waals surface area contributed by atoms with Gasteiger partial charge in [-0.05, 0) is 37.4 Å². The van der Waals surface area contributed by atoms with Crippen LogP contribution in [0.2, 0.25) is 0 Å². The van der Waals surface area contributed by atoms with Crippen LogP contribution in [0.4, 0.5) is 0 Å². The molecular formula is C24H33N3O. The molecule has 2 aromatic rings. The van der Waals surface area contributed by atoms with Crippen molar-refractivity contribution < 1.29 is 4.79 Å². The van der Waals surface area contributed by atoms with E-state index in [1.54, 1.807) is 0 Å². The molecule has 1 fully saturated rings. The van der Waals surface area contributed by atoms with Gasteiger partial charge >= 0.3 is 0 Å². The minimum absolute atomic E-state index is 0.170. The zero-order valence-electron chi connectivity index (χ0n) is 17.0. The summed E-state index contributed by atoms with van der Waals surface area (Å²) in [5.74, 6) is 0.170. The highest BCUT2D eigenvalue weighted by Crippen LogP contribution is 2.21. The molecule has 1 unspecified atom stereocenters. The number of amides is 1. The highest BCUT2D eigenvalue weighted by atomic mass is 16.1. The summed E-state index contributed by atoms with van der Waals surface area (Å²) in [4.78, 5) is 17.3. The van der Waals surface area contributed by atoms with Gasteiger partial charge in [-0.3, -0.25) is 9.69 Å². The van der Waals surface area contributed by atoms with Crippen LogP contribution < -0.4 is 5.32 Å². The average Bonchev–Trinajstić information content (AvgIpc) is 2.74. The van der Waals surface area contributed by atoms with E-state index in [2.05, 4.69) is 76.8 Å². The molecule has 0 aromatic heterocycles. The number of piperazine rings is 1. The largest absolute Gasteiger partial charge is 0.354 e. The van der Waals surface area contributed by atoms with Crippen molar-refractivity contribution in [3.8, 4) is 0 Å². The average molecular weight is 380 g/mol. The number of aryl methyl sites for hydroxylation is 1. The van der Waals surface area contributed by atoms with Gasteiger partial charge in [-0.1, -0.05) is 60.7 Å². The molecule has 1 aliphatic heterocycles. The fourth-order valence-corrected chi connectivity index (χ4v) is 3.82. The SMILES string of the molecule is CN1CCN(C(CNC(=O)CCCCc2ccccc2)c2ccccc2)CC1. The lowest BCUT2D eigenvalue weighted by Crippen LogP contribution is -2.48. The first-order valence-corrected chi connectivity index (χ1v) is 10.5. The molecule has 1 heterocycles. The maximum Gasteiger partial charge on any atom is 0.220 e. The second kappa shape index (κ2) is 11.0. The minimum atomic E-state index is 0.170. The van der Waals surface area contributed by atoms with Crippen LogP contribution in [0.5, 0.6) is 0 Å². The van der Waals surface area contributed by atoms with Crippen LogP contribution in [0.25, 0.3) is 0 Å². The zero-order valence-corrected chi connectivity index (χ0v) is 17.0. The zero-order chi connectivity index (χ0) is 19.6. The van der Waals surface area contributed by atoms with E-state index in [1.165, 1.54) is 11.1 Å². The van der Waals surface area contributed by atoms with E-state index < -0.39 is 0 Å². The van der Waals surface area contributed by atoms with Gasteiger partial charge in [0.2, 0.25) is 5.91 Å². The molecule has 1 saturated heterocycles. The Labute approximate surface area is 169 Å².